The minimum Gasteiger partial charge on any atom is -0.501 e. The molecule has 5 fully saturated rings. The number of alkyl halides is 3. The largest absolute Gasteiger partial charge is 0.501 e. The molecule has 1 saturated heterocycles. The van der Waals surface area contributed by atoms with Crippen LogP contribution in [0.4, 0.5) is 19.1 Å². The molecule has 5 unspecified atom stereocenters. The van der Waals surface area contributed by atoms with Crippen LogP contribution in [-0.4, -0.2) is 66.3 Å². The van der Waals surface area contributed by atoms with E-state index in [1.165, 1.54) is 12.3 Å². The number of nitrogens with one attached hydrogen (secondary N) is 1. The Bertz CT molecular complexity index is 2350. The van der Waals surface area contributed by atoms with Crippen LogP contribution in [0.5, 0.6) is 11.5 Å². The highest BCUT2D eigenvalue weighted by Gasteiger charge is 2.60. The Balaban J connectivity index is 1.06. The maximum Gasteiger partial charge on any atom is 0.434 e. The number of carboxylic acids is 1. The van der Waals surface area contributed by atoms with Crippen LogP contribution in [-0.2, 0) is 18.0 Å². The lowest BCUT2D eigenvalue weighted by molar-refractivity contribution is -0.671. The first-order chi connectivity index (χ1) is 27.4. The number of benzene rings is 1. The van der Waals surface area contributed by atoms with E-state index in [4.69, 9.17) is 4.74 Å². The second-order valence-electron chi connectivity index (χ2n) is 16.2. The van der Waals surface area contributed by atoms with Crippen molar-refractivity contribution in [1.82, 2.24) is 24.8 Å². The highest BCUT2D eigenvalue weighted by Crippen LogP contribution is 2.56. The minimum absolute atomic E-state index is 0.0489. The maximum atomic E-state index is 14.9. The van der Waals surface area contributed by atoms with E-state index >= 15 is 0 Å². The summed E-state index contributed by atoms with van der Waals surface area (Å²) in [5.41, 5.74) is -2.54. The molecule has 5 atom stereocenters. The van der Waals surface area contributed by atoms with Crippen molar-refractivity contribution in [2.24, 2.45) is 30.7 Å². The Hall–Kier alpha value is -5.73. The number of aryl methyl sites for hydroxylation is 1. The quantitative estimate of drug-likeness (QED) is 0.151. The van der Waals surface area contributed by atoms with Gasteiger partial charge in [0, 0.05) is 67.6 Å². The second-order valence-corrected chi connectivity index (χ2v) is 16.2. The number of hydrogen-bond donors (Lipinski definition) is 3. The van der Waals surface area contributed by atoms with E-state index in [0.29, 0.717) is 84.5 Å². The Morgan fingerprint density at radius 3 is 2.46 bits per heavy atom. The van der Waals surface area contributed by atoms with Gasteiger partial charge in [-0.15, -0.1) is 0 Å². The van der Waals surface area contributed by atoms with Gasteiger partial charge in [-0.05, 0) is 86.1 Å². The summed E-state index contributed by atoms with van der Waals surface area (Å²) in [5, 5.41) is 24.9. The van der Waals surface area contributed by atoms with Gasteiger partial charge in [-0.3, -0.25) is 4.79 Å². The van der Waals surface area contributed by atoms with Crippen LogP contribution in [0.3, 0.4) is 0 Å². The number of rotatable bonds is 8. The summed E-state index contributed by atoms with van der Waals surface area (Å²) >= 11 is 0. The van der Waals surface area contributed by atoms with Crippen molar-refractivity contribution in [3.05, 3.63) is 84.7 Å². The number of aromatic nitrogens is 5. The molecule has 1 aromatic carbocycles. The normalized spacial score (nSPS) is 24.7. The second kappa shape index (κ2) is 14.0. The lowest BCUT2D eigenvalue weighted by Gasteiger charge is -2.50. The Morgan fingerprint density at radius 2 is 1.72 bits per heavy atom. The molecule has 1 amide bonds. The van der Waals surface area contributed by atoms with E-state index in [1.807, 2.05) is 0 Å². The summed E-state index contributed by atoms with van der Waals surface area (Å²) in [4.78, 5) is 41.9. The fourth-order valence-corrected chi connectivity index (χ4v) is 10.2. The smallest absolute Gasteiger partial charge is 0.434 e. The number of halogens is 3. The number of carboxylic acid groups (broad SMARTS) is 1. The standard InChI is InChI=1S/C42H42F3N7O5/c1-50-14-11-34(36(53)23-50)52-22-32(30-6-5-29(21-35(30)52)57-28-9-15-51(16-10-28)40-46-12-2-13-47-40)33-8-7-31(37(48-33)42(43,44)45)38(54)49-41(39(55)56)26-4-3-24-17-25(19-26)20-27(41)18-24/h2,5-8,11-14,21-28H,3-4,9-10,15-20H2,1H3,(H2-,49,53,54,55,56)/p+1. The van der Waals surface area contributed by atoms with E-state index in [-0.39, 0.29) is 29.4 Å². The van der Waals surface area contributed by atoms with Gasteiger partial charge in [0.05, 0.1) is 16.8 Å². The van der Waals surface area contributed by atoms with Crippen molar-refractivity contribution in [3.8, 4) is 28.4 Å². The van der Waals surface area contributed by atoms with Gasteiger partial charge in [0.15, 0.2) is 11.9 Å². The monoisotopic (exact) mass is 782 g/mol. The zero-order valence-electron chi connectivity index (χ0n) is 31.3. The molecule has 4 saturated carbocycles. The van der Waals surface area contributed by atoms with Crippen LogP contribution < -0.4 is 19.5 Å². The molecule has 5 heterocycles. The molecule has 57 heavy (non-hydrogen) atoms. The lowest BCUT2D eigenvalue weighted by Crippen LogP contribution is -2.66. The third-order valence-corrected chi connectivity index (χ3v) is 12.8. The number of ether oxygens (including phenoxy) is 1. The fraction of sp³-hybridized carbons (Fsp3) is 0.429. The molecule has 0 radical (unpaired) electrons. The topological polar surface area (TPSA) is 147 Å². The van der Waals surface area contributed by atoms with Crippen LogP contribution in [0.1, 0.15) is 67.4 Å². The van der Waals surface area contributed by atoms with Crippen molar-refractivity contribution in [3.63, 3.8) is 0 Å². The third-order valence-electron chi connectivity index (χ3n) is 12.8. The van der Waals surface area contributed by atoms with Gasteiger partial charge in [-0.25, -0.2) is 24.3 Å². The first kappa shape index (κ1) is 36.9. The van der Waals surface area contributed by atoms with E-state index in [1.54, 1.807) is 71.3 Å². The lowest BCUT2D eigenvalue weighted by atomic mass is 9.58. The van der Waals surface area contributed by atoms with Crippen LogP contribution in [0.15, 0.2) is 73.4 Å². The molecule has 5 aliphatic rings. The van der Waals surface area contributed by atoms with E-state index in [0.717, 1.165) is 31.7 Å². The molecule has 1 aliphatic heterocycles. The number of carbonyl (C=O) groups excluding carboxylic acids is 1. The molecule has 0 spiro atoms. The zero-order chi connectivity index (χ0) is 39.6. The first-order valence-corrected chi connectivity index (χ1v) is 19.5. The average molecular weight is 783 g/mol. The molecule has 4 aromatic heterocycles. The predicted molar refractivity (Wildman–Crippen MR) is 202 cm³/mol. The first-order valence-electron chi connectivity index (χ1n) is 19.5. The number of aromatic hydroxyl groups is 1. The van der Waals surface area contributed by atoms with Crippen LogP contribution >= 0.6 is 0 Å². The highest BCUT2D eigenvalue weighted by atomic mass is 19.4. The molecule has 5 aromatic rings. The van der Waals surface area contributed by atoms with E-state index < -0.39 is 34.8 Å². The molecule has 4 aliphatic carbocycles. The van der Waals surface area contributed by atoms with Gasteiger partial charge in [-0.2, -0.15) is 13.2 Å². The van der Waals surface area contributed by atoms with E-state index in [9.17, 15) is 33.0 Å². The Kier molecular flexibility index (Phi) is 9.08. The van der Waals surface area contributed by atoms with Gasteiger partial charge in [0.2, 0.25) is 17.9 Å². The molecule has 15 heteroatoms. The van der Waals surface area contributed by atoms with Crippen LogP contribution in [0, 0.1) is 23.7 Å². The number of nitrogens with zero attached hydrogens (tertiary/aromatic N) is 6. The Labute approximate surface area is 326 Å². The van der Waals surface area contributed by atoms with Gasteiger partial charge in [0.1, 0.15) is 30.1 Å². The highest BCUT2D eigenvalue weighted by molar-refractivity contribution is 6.01. The molecule has 12 nitrogen and oxygen atoms in total. The number of aliphatic carboxylic acids is 1. The van der Waals surface area contributed by atoms with Gasteiger partial charge >= 0.3 is 12.1 Å². The van der Waals surface area contributed by atoms with E-state index in [2.05, 4.69) is 25.2 Å². The molecular weight excluding hydrogens is 739 g/mol. The number of pyridine rings is 2. The summed E-state index contributed by atoms with van der Waals surface area (Å²) in [6, 6.07) is 11.2. The number of hydrogen-bond acceptors (Lipinski definition) is 8. The predicted octanol–water partition coefficient (Wildman–Crippen LogP) is 6.48. The number of fused-ring (bicyclic) bond motifs is 2. The molecule has 10 rings (SSSR count). The summed E-state index contributed by atoms with van der Waals surface area (Å²) in [5.74, 6) is -1.10. The van der Waals surface area contributed by atoms with Crippen molar-refractivity contribution < 1.29 is 42.3 Å². The molecule has 4 bridgehead atoms. The van der Waals surface area contributed by atoms with Crippen LogP contribution in [0.2, 0.25) is 0 Å². The fourth-order valence-electron chi connectivity index (χ4n) is 10.2. The van der Waals surface area contributed by atoms with Crippen LogP contribution in [0.25, 0.3) is 27.8 Å². The molecular formula is C42H43F3N7O5+. The number of carbonyl (C=O) groups is 2. The number of anilines is 1. The number of amides is 1. The summed E-state index contributed by atoms with van der Waals surface area (Å²) in [7, 11) is 1.76. The minimum atomic E-state index is -5.03. The summed E-state index contributed by atoms with van der Waals surface area (Å²) < 4.78 is 54.6. The van der Waals surface area contributed by atoms with Gasteiger partial charge in [-0.1, -0.05) is 6.42 Å². The summed E-state index contributed by atoms with van der Waals surface area (Å²) in [6.07, 6.45) is 9.02. The van der Waals surface area contributed by atoms with Crippen molar-refractivity contribution in [2.75, 3.05) is 18.0 Å². The number of piperidine rings is 1. The van der Waals surface area contributed by atoms with Crippen molar-refractivity contribution >= 4 is 28.7 Å². The van der Waals surface area contributed by atoms with Crippen molar-refractivity contribution in [1.29, 1.82) is 0 Å². The SMILES string of the molecule is C[n+]1ccc(-n2cc(-c3ccc(C(=O)NC4(C(=O)O)C5CCC6CC(C5)CC4C6)c(C(F)(F)F)n3)c3ccc(OC4CCN(c5ncccn5)CC4)cc32)c(O)c1. The summed E-state index contributed by atoms with van der Waals surface area (Å²) in [6.45, 7) is 1.40. The van der Waals surface area contributed by atoms with Gasteiger partial charge < -0.3 is 29.7 Å². The Morgan fingerprint density at radius 1 is 0.965 bits per heavy atom. The maximum absolute atomic E-state index is 14.9. The third kappa shape index (κ3) is 6.59. The molecule has 296 valence electrons. The molecule has 3 N–H and O–H groups in total. The van der Waals surface area contributed by atoms with Gasteiger partial charge in [0.25, 0.3) is 5.91 Å². The van der Waals surface area contributed by atoms with Crippen molar-refractivity contribution in [2.45, 2.75) is 69.2 Å². The zero-order valence-corrected chi connectivity index (χ0v) is 31.3. The average Bonchev–Trinajstić information content (AvgIpc) is 3.44.